The van der Waals surface area contributed by atoms with E-state index in [9.17, 15) is 0 Å². The second-order valence-electron chi connectivity index (χ2n) is 3.49. The first kappa shape index (κ1) is 12.0. The van der Waals surface area contributed by atoms with Crippen LogP contribution in [-0.2, 0) is 6.54 Å². The number of ether oxygens (including phenoxy) is 2. The first-order valence-corrected chi connectivity index (χ1v) is 6.00. The SMILES string of the molecule is CN=C(NC)NCc1cc(Br)c2c(c1)OCO2. The van der Waals surface area contributed by atoms with Crippen LogP contribution in [0, 0.1) is 0 Å². The Morgan fingerprint density at radius 1 is 1.47 bits per heavy atom. The summed E-state index contributed by atoms with van der Waals surface area (Å²) >= 11 is 3.46. The van der Waals surface area contributed by atoms with Gasteiger partial charge in [-0.25, -0.2) is 0 Å². The summed E-state index contributed by atoms with van der Waals surface area (Å²) in [5.41, 5.74) is 1.09. The zero-order valence-corrected chi connectivity index (χ0v) is 11.3. The predicted molar refractivity (Wildman–Crippen MR) is 69.5 cm³/mol. The van der Waals surface area contributed by atoms with Crippen molar-refractivity contribution in [3.05, 3.63) is 22.2 Å². The van der Waals surface area contributed by atoms with Crippen LogP contribution in [0.15, 0.2) is 21.6 Å². The van der Waals surface area contributed by atoms with Gasteiger partial charge >= 0.3 is 0 Å². The van der Waals surface area contributed by atoms with E-state index in [1.54, 1.807) is 7.05 Å². The molecule has 5 nitrogen and oxygen atoms in total. The zero-order chi connectivity index (χ0) is 12.3. The molecule has 0 saturated heterocycles. The van der Waals surface area contributed by atoms with E-state index >= 15 is 0 Å². The van der Waals surface area contributed by atoms with Crippen molar-refractivity contribution in [2.75, 3.05) is 20.9 Å². The lowest BCUT2D eigenvalue weighted by atomic mass is 10.2. The minimum atomic E-state index is 0.281. The molecule has 6 heteroatoms. The number of rotatable bonds is 2. The number of hydrogen-bond acceptors (Lipinski definition) is 3. The Morgan fingerprint density at radius 2 is 2.29 bits per heavy atom. The molecular formula is C11H14BrN3O2. The number of halogens is 1. The van der Waals surface area contributed by atoms with E-state index in [4.69, 9.17) is 9.47 Å². The molecule has 2 N–H and O–H groups in total. The van der Waals surface area contributed by atoms with Gasteiger partial charge in [-0.15, -0.1) is 0 Å². The van der Waals surface area contributed by atoms with Gasteiger partial charge in [-0.1, -0.05) is 0 Å². The fraction of sp³-hybridized carbons (Fsp3) is 0.364. The number of nitrogens with zero attached hydrogens (tertiary/aromatic N) is 1. The molecule has 1 aliphatic rings. The third-order valence-corrected chi connectivity index (χ3v) is 3.00. The van der Waals surface area contributed by atoms with Gasteiger partial charge in [0, 0.05) is 20.6 Å². The van der Waals surface area contributed by atoms with Gasteiger partial charge in [-0.2, -0.15) is 0 Å². The molecule has 92 valence electrons. The Morgan fingerprint density at radius 3 is 3.00 bits per heavy atom. The summed E-state index contributed by atoms with van der Waals surface area (Å²) in [6.07, 6.45) is 0. The summed E-state index contributed by atoms with van der Waals surface area (Å²) in [4.78, 5) is 4.04. The third kappa shape index (κ3) is 2.63. The maximum Gasteiger partial charge on any atom is 0.231 e. The molecule has 0 amide bonds. The highest BCUT2D eigenvalue weighted by atomic mass is 79.9. The van der Waals surface area contributed by atoms with Crippen LogP contribution < -0.4 is 20.1 Å². The van der Waals surface area contributed by atoms with Gasteiger partial charge in [0.2, 0.25) is 6.79 Å². The van der Waals surface area contributed by atoms with Crippen molar-refractivity contribution < 1.29 is 9.47 Å². The van der Waals surface area contributed by atoms with Crippen molar-refractivity contribution in [3.63, 3.8) is 0 Å². The second-order valence-corrected chi connectivity index (χ2v) is 4.34. The first-order chi connectivity index (χ1) is 8.24. The van der Waals surface area contributed by atoms with Gasteiger partial charge in [0.25, 0.3) is 0 Å². The van der Waals surface area contributed by atoms with Crippen molar-refractivity contribution in [2.24, 2.45) is 4.99 Å². The third-order valence-electron chi connectivity index (χ3n) is 2.41. The summed E-state index contributed by atoms with van der Waals surface area (Å²) in [6.45, 7) is 0.950. The maximum absolute atomic E-state index is 5.35. The molecule has 0 saturated carbocycles. The minimum Gasteiger partial charge on any atom is -0.454 e. The average molecular weight is 300 g/mol. The summed E-state index contributed by atoms with van der Waals surface area (Å²) in [5.74, 6) is 2.29. The van der Waals surface area contributed by atoms with Crippen LogP contribution in [0.2, 0.25) is 0 Å². The van der Waals surface area contributed by atoms with E-state index in [2.05, 4.69) is 31.6 Å². The van der Waals surface area contributed by atoms with E-state index in [0.29, 0.717) is 6.54 Å². The van der Waals surface area contributed by atoms with E-state index < -0.39 is 0 Å². The van der Waals surface area contributed by atoms with E-state index in [1.807, 2.05) is 19.2 Å². The molecule has 0 fully saturated rings. The smallest absolute Gasteiger partial charge is 0.231 e. The molecule has 2 rings (SSSR count). The topological polar surface area (TPSA) is 54.9 Å². The van der Waals surface area contributed by atoms with Gasteiger partial charge < -0.3 is 20.1 Å². The van der Waals surface area contributed by atoms with E-state index in [0.717, 1.165) is 27.5 Å². The van der Waals surface area contributed by atoms with Crippen LogP contribution in [-0.4, -0.2) is 26.8 Å². The van der Waals surface area contributed by atoms with Crippen LogP contribution in [0.4, 0.5) is 0 Å². The number of guanidine groups is 1. The number of hydrogen-bond donors (Lipinski definition) is 2. The monoisotopic (exact) mass is 299 g/mol. The van der Waals surface area contributed by atoms with Crippen LogP contribution in [0.3, 0.4) is 0 Å². The molecule has 0 aromatic heterocycles. The highest BCUT2D eigenvalue weighted by Gasteiger charge is 2.17. The zero-order valence-electron chi connectivity index (χ0n) is 9.71. The highest BCUT2D eigenvalue weighted by molar-refractivity contribution is 9.10. The molecule has 0 aliphatic carbocycles. The molecule has 1 heterocycles. The molecule has 0 atom stereocenters. The molecule has 17 heavy (non-hydrogen) atoms. The molecule has 0 bridgehead atoms. The summed E-state index contributed by atoms with van der Waals surface area (Å²) < 4.78 is 11.6. The Labute approximate surface area is 108 Å². The predicted octanol–water partition coefficient (Wildman–Crippen LogP) is 1.47. The Kier molecular flexibility index (Phi) is 3.73. The number of nitrogens with one attached hydrogen (secondary N) is 2. The van der Waals surface area contributed by atoms with Gasteiger partial charge in [-0.3, -0.25) is 4.99 Å². The Balaban J connectivity index is 2.10. The summed E-state index contributed by atoms with van der Waals surface area (Å²) in [6, 6.07) is 3.96. The van der Waals surface area contributed by atoms with Crippen molar-refractivity contribution >= 4 is 21.9 Å². The lowest BCUT2D eigenvalue weighted by Crippen LogP contribution is -2.34. The Bertz CT molecular complexity index is 449. The molecular weight excluding hydrogens is 286 g/mol. The largest absolute Gasteiger partial charge is 0.454 e. The second kappa shape index (κ2) is 5.27. The quantitative estimate of drug-likeness (QED) is 0.641. The van der Waals surface area contributed by atoms with Crippen molar-refractivity contribution in [2.45, 2.75) is 6.54 Å². The summed E-state index contributed by atoms with van der Waals surface area (Å²) in [5, 5.41) is 6.14. The lowest BCUT2D eigenvalue weighted by Gasteiger charge is -2.09. The van der Waals surface area contributed by atoms with Crippen molar-refractivity contribution in [3.8, 4) is 11.5 Å². The van der Waals surface area contributed by atoms with Crippen LogP contribution in [0.25, 0.3) is 0 Å². The van der Waals surface area contributed by atoms with E-state index in [1.165, 1.54) is 0 Å². The normalized spacial score (nSPS) is 13.7. The van der Waals surface area contributed by atoms with Crippen LogP contribution in [0.1, 0.15) is 5.56 Å². The Hall–Kier alpha value is -1.43. The van der Waals surface area contributed by atoms with Gasteiger partial charge in [-0.05, 0) is 33.6 Å². The van der Waals surface area contributed by atoms with Crippen LogP contribution >= 0.6 is 15.9 Å². The molecule has 0 unspecified atom stereocenters. The number of aliphatic imine (C=N–C) groups is 1. The molecule has 1 aromatic rings. The standard InChI is InChI=1S/C11H14BrN3O2/c1-13-11(14-2)15-5-7-3-8(12)10-9(4-7)16-6-17-10/h3-4H,5-6H2,1-2H3,(H2,13,14,15). The fourth-order valence-electron chi connectivity index (χ4n) is 1.59. The molecule has 1 aromatic carbocycles. The fourth-order valence-corrected chi connectivity index (χ4v) is 2.19. The minimum absolute atomic E-state index is 0.281. The van der Waals surface area contributed by atoms with Gasteiger partial charge in [0.1, 0.15) is 0 Å². The van der Waals surface area contributed by atoms with Crippen LogP contribution in [0.5, 0.6) is 11.5 Å². The van der Waals surface area contributed by atoms with Gasteiger partial charge in [0.05, 0.1) is 4.47 Å². The highest BCUT2D eigenvalue weighted by Crippen LogP contribution is 2.39. The first-order valence-electron chi connectivity index (χ1n) is 5.21. The molecule has 0 radical (unpaired) electrons. The molecule has 1 aliphatic heterocycles. The molecule has 0 spiro atoms. The van der Waals surface area contributed by atoms with Gasteiger partial charge in [0.15, 0.2) is 17.5 Å². The lowest BCUT2D eigenvalue weighted by molar-refractivity contribution is 0.173. The van der Waals surface area contributed by atoms with E-state index in [-0.39, 0.29) is 6.79 Å². The van der Waals surface area contributed by atoms with Crippen molar-refractivity contribution in [1.29, 1.82) is 0 Å². The van der Waals surface area contributed by atoms with Crippen molar-refractivity contribution in [1.82, 2.24) is 10.6 Å². The maximum atomic E-state index is 5.35. The number of benzene rings is 1. The average Bonchev–Trinajstić information content (AvgIpc) is 2.79. The number of fused-ring (bicyclic) bond motifs is 1. The summed E-state index contributed by atoms with van der Waals surface area (Å²) in [7, 11) is 3.55.